The minimum Gasteiger partial charge on any atom is -0.508 e. The van der Waals surface area contributed by atoms with E-state index < -0.39 is 18.0 Å². The summed E-state index contributed by atoms with van der Waals surface area (Å²) in [7, 11) is 0. The lowest BCUT2D eigenvalue weighted by Crippen LogP contribution is -2.36. The molecule has 8 nitrogen and oxygen atoms in total. The zero-order valence-corrected chi connectivity index (χ0v) is 12.5. The highest BCUT2D eigenvalue weighted by molar-refractivity contribution is 5.94. The monoisotopic (exact) mass is 324 g/mol. The molecule has 1 amide bonds. The second-order valence-electron chi connectivity index (χ2n) is 5.07. The second kappa shape index (κ2) is 8.74. The van der Waals surface area contributed by atoms with Gasteiger partial charge < -0.3 is 26.0 Å². The minimum absolute atomic E-state index is 0.0113. The number of phenolic OH excluding ortho intramolecular Hbond substituents is 1. The lowest BCUT2D eigenvalue weighted by molar-refractivity contribution is -0.139. The Balaban J connectivity index is 2.70. The first-order chi connectivity index (χ1) is 10.8. The fourth-order valence-corrected chi connectivity index (χ4v) is 1.96. The number of hydrogen-bond donors (Lipinski definition) is 4. The van der Waals surface area contributed by atoms with Crippen LogP contribution < -0.4 is 5.73 Å². The molecule has 0 spiro atoms. The SMILES string of the molecule is N[C@@H](CCCN(CCC(=O)O)C(=O)c1ccc(O)cc1)C(=O)O. The molecule has 0 aliphatic rings. The van der Waals surface area contributed by atoms with Crippen molar-refractivity contribution in [3.8, 4) is 5.75 Å². The number of benzene rings is 1. The van der Waals surface area contributed by atoms with Crippen LogP contribution in [-0.4, -0.2) is 57.2 Å². The van der Waals surface area contributed by atoms with Crippen LogP contribution in [0.15, 0.2) is 24.3 Å². The van der Waals surface area contributed by atoms with Gasteiger partial charge in [-0.3, -0.25) is 14.4 Å². The Hall–Kier alpha value is -2.61. The van der Waals surface area contributed by atoms with Crippen molar-refractivity contribution in [2.45, 2.75) is 25.3 Å². The summed E-state index contributed by atoms with van der Waals surface area (Å²) < 4.78 is 0. The molecule has 126 valence electrons. The Kier molecular flexibility index (Phi) is 7.01. The molecule has 0 unspecified atom stereocenters. The first kappa shape index (κ1) is 18.4. The van der Waals surface area contributed by atoms with E-state index in [0.717, 1.165) is 0 Å². The van der Waals surface area contributed by atoms with E-state index in [4.69, 9.17) is 15.9 Å². The molecule has 0 saturated carbocycles. The van der Waals surface area contributed by atoms with E-state index in [-0.39, 0.29) is 37.6 Å². The summed E-state index contributed by atoms with van der Waals surface area (Å²) in [6, 6.07) is 4.59. The molecule has 5 N–H and O–H groups in total. The van der Waals surface area contributed by atoms with Crippen LogP contribution in [0.5, 0.6) is 5.75 Å². The van der Waals surface area contributed by atoms with Gasteiger partial charge in [-0.25, -0.2) is 0 Å². The highest BCUT2D eigenvalue weighted by Gasteiger charge is 2.18. The van der Waals surface area contributed by atoms with E-state index in [1.165, 1.54) is 29.2 Å². The van der Waals surface area contributed by atoms with Crippen molar-refractivity contribution in [2.75, 3.05) is 13.1 Å². The van der Waals surface area contributed by atoms with Gasteiger partial charge in [-0.05, 0) is 37.1 Å². The number of carbonyl (C=O) groups excluding carboxylic acids is 1. The first-order valence-electron chi connectivity index (χ1n) is 7.09. The van der Waals surface area contributed by atoms with Crippen molar-refractivity contribution in [3.63, 3.8) is 0 Å². The molecule has 0 heterocycles. The minimum atomic E-state index is -1.12. The highest BCUT2D eigenvalue weighted by atomic mass is 16.4. The van der Waals surface area contributed by atoms with Gasteiger partial charge in [0.2, 0.25) is 0 Å². The summed E-state index contributed by atoms with van der Waals surface area (Å²) in [5, 5.41) is 26.7. The molecular weight excluding hydrogens is 304 g/mol. The summed E-state index contributed by atoms with van der Waals surface area (Å²) in [5.74, 6) is -2.51. The van der Waals surface area contributed by atoms with Crippen LogP contribution in [-0.2, 0) is 9.59 Å². The van der Waals surface area contributed by atoms with Gasteiger partial charge in [0.15, 0.2) is 0 Å². The number of carboxylic acid groups (broad SMARTS) is 2. The maximum absolute atomic E-state index is 12.4. The molecule has 0 bridgehead atoms. The largest absolute Gasteiger partial charge is 0.508 e. The van der Waals surface area contributed by atoms with E-state index in [1.807, 2.05) is 0 Å². The summed E-state index contributed by atoms with van der Waals surface area (Å²) in [6.07, 6.45) is 0.313. The third kappa shape index (κ3) is 6.35. The summed E-state index contributed by atoms with van der Waals surface area (Å²) in [5.41, 5.74) is 5.72. The van der Waals surface area contributed by atoms with Crippen molar-refractivity contribution in [1.82, 2.24) is 4.90 Å². The van der Waals surface area contributed by atoms with Gasteiger partial charge in [0.05, 0.1) is 6.42 Å². The van der Waals surface area contributed by atoms with Crippen molar-refractivity contribution in [2.24, 2.45) is 5.73 Å². The standard InChI is InChI=1S/C15H20N2O6/c16-12(15(22)23)2-1-8-17(9-7-13(19)20)14(21)10-3-5-11(18)6-4-10/h3-6,12,18H,1-2,7-9,16H2,(H,19,20)(H,22,23)/t12-/m0/s1. The molecule has 0 radical (unpaired) electrons. The van der Waals surface area contributed by atoms with E-state index in [1.54, 1.807) is 0 Å². The molecule has 1 rings (SSSR count). The predicted molar refractivity (Wildman–Crippen MR) is 81.1 cm³/mol. The van der Waals surface area contributed by atoms with Crippen molar-refractivity contribution >= 4 is 17.8 Å². The van der Waals surface area contributed by atoms with Crippen LogP contribution >= 0.6 is 0 Å². The summed E-state index contributed by atoms with van der Waals surface area (Å²) in [4.78, 5) is 35.1. The number of phenols is 1. The molecule has 0 aromatic heterocycles. The molecule has 23 heavy (non-hydrogen) atoms. The average Bonchev–Trinajstić information content (AvgIpc) is 2.50. The fourth-order valence-electron chi connectivity index (χ4n) is 1.96. The number of aromatic hydroxyl groups is 1. The summed E-state index contributed by atoms with van der Waals surface area (Å²) >= 11 is 0. The number of aliphatic carboxylic acids is 2. The number of carboxylic acids is 2. The van der Waals surface area contributed by atoms with Gasteiger partial charge in [-0.15, -0.1) is 0 Å². The molecule has 1 aromatic carbocycles. The van der Waals surface area contributed by atoms with Crippen LogP contribution in [0.3, 0.4) is 0 Å². The van der Waals surface area contributed by atoms with Gasteiger partial charge in [0.1, 0.15) is 11.8 Å². The average molecular weight is 324 g/mol. The number of amides is 1. The van der Waals surface area contributed by atoms with Crippen LogP contribution in [0.4, 0.5) is 0 Å². The van der Waals surface area contributed by atoms with Crippen LogP contribution in [0.2, 0.25) is 0 Å². The summed E-state index contributed by atoms with van der Waals surface area (Å²) in [6.45, 7) is 0.214. The molecule has 1 atom stereocenters. The molecule has 0 saturated heterocycles. The van der Waals surface area contributed by atoms with Gasteiger partial charge in [-0.2, -0.15) is 0 Å². The topological polar surface area (TPSA) is 141 Å². The predicted octanol–water partition coefficient (Wildman–Crippen LogP) is 0.501. The molecule has 0 aliphatic heterocycles. The quantitative estimate of drug-likeness (QED) is 0.518. The van der Waals surface area contributed by atoms with Gasteiger partial charge >= 0.3 is 11.9 Å². The zero-order chi connectivity index (χ0) is 17.4. The van der Waals surface area contributed by atoms with Gasteiger partial charge in [-0.1, -0.05) is 0 Å². The molecule has 1 aromatic rings. The lowest BCUT2D eigenvalue weighted by atomic mass is 10.1. The van der Waals surface area contributed by atoms with Crippen molar-refractivity contribution in [3.05, 3.63) is 29.8 Å². The lowest BCUT2D eigenvalue weighted by Gasteiger charge is -2.22. The van der Waals surface area contributed by atoms with E-state index in [2.05, 4.69) is 0 Å². The van der Waals surface area contributed by atoms with E-state index in [9.17, 15) is 19.5 Å². The van der Waals surface area contributed by atoms with Crippen LogP contribution in [0.25, 0.3) is 0 Å². The zero-order valence-electron chi connectivity index (χ0n) is 12.5. The normalized spacial score (nSPS) is 11.7. The van der Waals surface area contributed by atoms with Gasteiger partial charge in [0.25, 0.3) is 5.91 Å². The second-order valence-corrected chi connectivity index (χ2v) is 5.07. The third-order valence-corrected chi connectivity index (χ3v) is 3.26. The number of rotatable bonds is 9. The highest BCUT2D eigenvalue weighted by Crippen LogP contribution is 2.13. The fraction of sp³-hybridized carbons (Fsp3) is 0.400. The van der Waals surface area contributed by atoms with E-state index in [0.29, 0.717) is 12.0 Å². The maximum Gasteiger partial charge on any atom is 0.320 e. The number of nitrogens with two attached hydrogens (primary N) is 1. The van der Waals surface area contributed by atoms with E-state index >= 15 is 0 Å². The Morgan fingerprint density at radius 2 is 1.70 bits per heavy atom. The van der Waals surface area contributed by atoms with Crippen molar-refractivity contribution in [1.29, 1.82) is 0 Å². The smallest absolute Gasteiger partial charge is 0.320 e. The Labute approximate surface area is 133 Å². The Morgan fingerprint density at radius 3 is 2.22 bits per heavy atom. The Morgan fingerprint density at radius 1 is 1.09 bits per heavy atom. The van der Waals surface area contributed by atoms with Crippen LogP contribution in [0, 0.1) is 0 Å². The number of carbonyl (C=O) groups is 3. The Bertz CT molecular complexity index is 558. The molecule has 8 heteroatoms. The van der Waals surface area contributed by atoms with Crippen molar-refractivity contribution < 1.29 is 29.7 Å². The molecule has 0 fully saturated rings. The van der Waals surface area contributed by atoms with Gasteiger partial charge in [0, 0.05) is 18.7 Å². The number of hydrogen-bond acceptors (Lipinski definition) is 5. The molecule has 0 aliphatic carbocycles. The third-order valence-electron chi connectivity index (χ3n) is 3.26. The van der Waals surface area contributed by atoms with Crippen LogP contribution in [0.1, 0.15) is 29.6 Å². The maximum atomic E-state index is 12.4. The first-order valence-corrected chi connectivity index (χ1v) is 7.09. The number of nitrogens with zero attached hydrogens (tertiary/aromatic N) is 1. The molecular formula is C15H20N2O6.